The molecule has 3 heterocycles. The number of methoxy groups -OCH3 is 1. The molecule has 1 aromatic heterocycles. The van der Waals surface area contributed by atoms with Crippen molar-refractivity contribution in [2.24, 2.45) is 0 Å². The van der Waals surface area contributed by atoms with Gasteiger partial charge in [0, 0.05) is 23.4 Å². The summed E-state index contributed by atoms with van der Waals surface area (Å²) in [7, 11) is 1.54. The first-order valence-corrected chi connectivity index (χ1v) is 13.7. The average Bonchev–Trinajstić information content (AvgIpc) is 3.46. The summed E-state index contributed by atoms with van der Waals surface area (Å²) < 4.78 is 17.5. The minimum absolute atomic E-state index is 0.201. The van der Waals surface area contributed by atoms with E-state index in [1.54, 1.807) is 23.1 Å². The Bertz CT molecular complexity index is 1610. The summed E-state index contributed by atoms with van der Waals surface area (Å²) >= 11 is 0. The number of carbonyl (C=O) groups excluding carboxylic acids is 2. The number of para-hydroxylation sites is 3. The molecular weight excluding hydrogens is 506 g/mol. The van der Waals surface area contributed by atoms with Crippen LogP contribution in [0.5, 0.6) is 17.2 Å². The number of aromatic amines is 1. The van der Waals surface area contributed by atoms with E-state index in [-0.39, 0.29) is 17.9 Å². The van der Waals surface area contributed by atoms with Gasteiger partial charge in [-0.1, -0.05) is 43.3 Å². The lowest BCUT2D eigenvalue weighted by molar-refractivity contribution is -0.125. The van der Waals surface area contributed by atoms with Gasteiger partial charge < -0.3 is 24.1 Å². The number of hydrogen-bond donors (Lipinski definition) is 1. The predicted molar refractivity (Wildman–Crippen MR) is 153 cm³/mol. The molecule has 2 aliphatic rings. The van der Waals surface area contributed by atoms with Crippen LogP contribution < -0.4 is 19.1 Å². The maximum atomic E-state index is 14.3. The van der Waals surface area contributed by atoms with Gasteiger partial charge in [0.15, 0.2) is 17.0 Å². The van der Waals surface area contributed by atoms with Gasteiger partial charge in [-0.05, 0) is 61.7 Å². The van der Waals surface area contributed by atoms with Gasteiger partial charge in [0.05, 0.1) is 31.7 Å². The number of urea groups is 1. The number of fused-ring (bicyclic) bond motifs is 5. The van der Waals surface area contributed by atoms with Crippen LogP contribution in [0.2, 0.25) is 0 Å². The summed E-state index contributed by atoms with van der Waals surface area (Å²) in [6.45, 7) is 7.26. The van der Waals surface area contributed by atoms with Crippen LogP contribution in [0, 0.1) is 0 Å². The molecule has 1 N–H and O–H groups in total. The van der Waals surface area contributed by atoms with E-state index in [0.29, 0.717) is 42.7 Å². The maximum Gasteiger partial charge on any atom is 0.332 e. The van der Waals surface area contributed by atoms with E-state index in [1.165, 1.54) is 12.0 Å². The molecule has 0 bridgehead atoms. The van der Waals surface area contributed by atoms with Crippen LogP contribution in [-0.4, -0.2) is 48.7 Å². The van der Waals surface area contributed by atoms with Gasteiger partial charge in [0.1, 0.15) is 5.75 Å². The van der Waals surface area contributed by atoms with Gasteiger partial charge >= 0.3 is 6.03 Å². The van der Waals surface area contributed by atoms with Crippen LogP contribution in [-0.2, 0) is 10.3 Å². The maximum absolute atomic E-state index is 14.3. The van der Waals surface area contributed by atoms with Crippen LogP contribution in [0.3, 0.4) is 0 Å². The fraction of sp³-hybridized carbons (Fsp3) is 0.312. The van der Waals surface area contributed by atoms with Crippen LogP contribution in [0.15, 0.2) is 66.7 Å². The highest BCUT2D eigenvalue weighted by Crippen LogP contribution is 2.51. The first-order chi connectivity index (χ1) is 19.4. The highest BCUT2D eigenvalue weighted by Gasteiger charge is 2.61. The minimum atomic E-state index is -1.21. The number of carbonyl (C=O) groups is 2. The molecule has 0 saturated carbocycles. The molecule has 40 heavy (non-hydrogen) atoms. The molecule has 0 aliphatic carbocycles. The standard InChI is InChI=1S/C32H33N3O5/c1-5-17-40-26-16-15-20(18-27(26)39-6-2)22-19-34-31(37)35(24-13-9-10-14-25(24)38-4)30(36)32(34,3)29-28(22)21-11-7-8-12-23(21)33-29/h7-16,18,22,33H,5-6,17,19H2,1-4H3/t22-,32+/m1/s1. The van der Waals surface area contributed by atoms with E-state index in [4.69, 9.17) is 14.2 Å². The molecule has 8 nitrogen and oxygen atoms in total. The topological polar surface area (TPSA) is 84.1 Å². The lowest BCUT2D eigenvalue weighted by atomic mass is 9.78. The molecule has 206 valence electrons. The summed E-state index contributed by atoms with van der Waals surface area (Å²) in [6, 6.07) is 20.8. The number of H-pyrrole nitrogens is 1. The van der Waals surface area contributed by atoms with E-state index in [2.05, 4.69) is 18.0 Å². The van der Waals surface area contributed by atoms with Crippen LogP contribution in [0.25, 0.3) is 10.9 Å². The van der Waals surface area contributed by atoms with Crippen LogP contribution >= 0.6 is 0 Å². The molecule has 4 aromatic rings. The summed E-state index contributed by atoms with van der Waals surface area (Å²) in [5.41, 5.74) is 2.86. The summed E-state index contributed by atoms with van der Waals surface area (Å²) in [4.78, 5) is 34.8. The number of benzene rings is 3. The second-order valence-electron chi connectivity index (χ2n) is 10.3. The Morgan fingerprint density at radius 2 is 1.73 bits per heavy atom. The smallest absolute Gasteiger partial charge is 0.332 e. The molecule has 0 unspecified atom stereocenters. The monoisotopic (exact) mass is 539 g/mol. The van der Waals surface area contributed by atoms with Gasteiger partial charge in [-0.3, -0.25) is 4.79 Å². The number of nitrogens with zero attached hydrogens (tertiary/aromatic N) is 2. The molecule has 0 radical (unpaired) electrons. The van der Waals surface area contributed by atoms with Crippen molar-refractivity contribution >= 4 is 28.5 Å². The third-order valence-electron chi connectivity index (χ3n) is 7.99. The number of nitrogens with one attached hydrogen (secondary N) is 1. The highest BCUT2D eigenvalue weighted by molar-refractivity contribution is 6.24. The number of rotatable bonds is 8. The summed E-state index contributed by atoms with van der Waals surface area (Å²) in [5, 5.41) is 1.03. The third-order valence-corrected chi connectivity index (χ3v) is 7.99. The van der Waals surface area contributed by atoms with Crippen molar-refractivity contribution in [3.8, 4) is 17.2 Å². The van der Waals surface area contributed by atoms with Crippen molar-refractivity contribution in [2.75, 3.05) is 31.8 Å². The first-order valence-electron chi connectivity index (χ1n) is 13.7. The Balaban J connectivity index is 1.53. The van der Waals surface area contributed by atoms with Crippen LogP contribution in [0.1, 0.15) is 49.9 Å². The second kappa shape index (κ2) is 9.93. The SMILES string of the molecule is CCCOc1ccc([C@H]2CN3C(=O)N(c4ccccc4OC)C(=O)[C@]3(C)c3[nH]c4ccccc4c32)cc1OCC. The Hall–Kier alpha value is -4.46. The average molecular weight is 540 g/mol. The number of anilines is 1. The molecule has 0 spiro atoms. The molecule has 2 atom stereocenters. The lowest BCUT2D eigenvalue weighted by Gasteiger charge is -2.40. The molecular formula is C32H33N3O5. The molecule has 1 saturated heterocycles. The molecule has 3 amide bonds. The number of ether oxygens (including phenoxy) is 3. The van der Waals surface area contributed by atoms with E-state index in [1.807, 2.05) is 56.3 Å². The number of aromatic nitrogens is 1. The van der Waals surface area contributed by atoms with Gasteiger partial charge in [0.2, 0.25) is 0 Å². The van der Waals surface area contributed by atoms with E-state index in [9.17, 15) is 9.59 Å². The number of imide groups is 1. The summed E-state index contributed by atoms with van der Waals surface area (Å²) in [5.74, 6) is 1.31. The molecule has 2 aliphatic heterocycles. The Labute approximate surface area is 233 Å². The van der Waals surface area contributed by atoms with Crippen molar-refractivity contribution in [3.05, 3.63) is 83.6 Å². The predicted octanol–water partition coefficient (Wildman–Crippen LogP) is 6.19. The number of hydrogen-bond acceptors (Lipinski definition) is 5. The van der Waals surface area contributed by atoms with Crippen molar-refractivity contribution in [2.45, 2.75) is 38.6 Å². The highest BCUT2D eigenvalue weighted by atomic mass is 16.5. The largest absolute Gasteiger partial charge is 0.495 e. The van der Waals surface area contributed by atoms with Gasteiger partial charge in [-0.2, -0.15) is 0 Å². The van der Waals surface area contributed by atoms with Crippen LogP contribution in [0.4, 0.5) is 10.5 Å². The fourth-order valence-electron chi connectivity index (χ4n) is 6.06. The van der Waals surface area contributed by atoms with Crippen molar-refractivity contribution in [1.82, 2.24) is 9.88 Å². The van der Waals surface area contributed by atoms with E-state index < -0.39 is 5.54 Å². The van der Waals surface area contributed by atoms with Crippen molar-refractivity contribution in [1.29, 1.82) is 0 Å². The van der Waals surface area contributed by atoms with Gasteiger partial charge in [0.25, 0.3) is 5.91 Å². The quantitative estimate of drug-likeness (QED) is 0.270. The van der Waals surface area contributed by atoms with Crippen molar-refractivity contribution in [3.63, 3.8) is 0 Å². The normalized spacial score (nSPS) is 20.1. The zero-order valence-corrected chi connectivity index (χ0v) is 23.2. The zero-order valence-electron chi connectivity index (χ0n) is 23.2. The van der Waals surface area contributed by atoms with Gasteiger partial charge in [-0.15, -0.1) is 0 Å². The second-order valence-corrected chi connectivity index (χ2v) is 10.3. The van der Waals surface area contributed by atoms with E-state index in [0.717, 1.165) is 34.1 Å². The summed E-state index contributed by atoms with van der Waals surface area (Å²) in [6.07, 6.45) is 0.890. The molecule has 3 aromatic carbocycles. The number of amides is 3. The molecule has 8 heteroatoms. The zero-order chi connectivity index (χ0) is 28.0. The third kappa shape index (κ3) is 3.73. The first kappa shape index (κ1) is 25.8. The fourth-order valence-corrected chi connectivity index (χ4v) is 6.06. The lowest BCUT2D eigenvalue weighted by Crippen LogP contribution is -2.50. The molecule has 6 rings (SSSR count). The molecule has 1 fully saturated rings. The van der Waals surface area contributed by atoms with E-state index >= 15 is 0 Å². The minimum Gasteiger partial charge on any atom is -0.495 e. The Kier molecular flexibility index (Phi) is 6.41. The Morgan fingerprint density at radius 1 is 0.950 bits per heavy atom. The van der Waals surface area contributed by atoms with Gasteiger partial charge in [-0.25, -0.2) is 9.69 Å². The Morgan fingerprint density at radius 3 is 2.50 bits per heavy atom. The van der Waals surface area contributed by atoms with Crippen molar-refractivity contribution < 1.29 is 23.8 Å².